The summed E-state index contributed by atoms with van der Waals surface area (Å²) in [5, 5.41) is 15.2. The molecule has 0 spiro atoms. The first kappa shape index (κ1) is 13.5. The molecular weight excluding hydrogens is 204 g/mol. The predicted octanol–water partition coefficient (Wildman–Crippen LogP) is 0.652. The van der Waals surface area contributed by atoms with Crippen LogP contribution in [0.3, 0.4) is 0 Å². The van der Waals surface area contributed by atoms with Crippen molar-refractivity contribution in [2.45, 2.75) is 51.7 Å². The molecule has 4 heteroatoms. The van der Waals surface area contributed by atoms with Crippen LogP contribution in [0.1, 0.15) is 39.5 Å². The molecule has 0 aromatic heterocycles. The Labute approximate surface area is 97.8 Å². The maximum atomic E-state index is 11.5. The maximum Gasteiger partial charge on any atom is 0.234 e. The number of carbonyl (C=O) groups excluding carboxylic acids is 1. The molecule has 0 aromatic carbocycles. The monoisotopic (exact) mass is 228 g/mol. The van der Waals surface area contributed by atoms with Crippen LogP contribution in [0.25, 0.3) is 0 Å². The normalized spacial score (nSPS) is 25.9. The molecule has 0 radical (unpaired) electrons. The van der Waals surface area contributed by atoms with Crippen LogP contribution < -0.4 is 10.6 Å². The molecule has 0 aromatic rings. The Balaban J connectivity index is 1.97. The highest BCUT2D eigenvalue weighted by molar-refractivity contribution is 5.78. The van der Waals surface area contributed by atoms with E-state index in [-0.39, 0.29) is 18.1 Å². The zero-order chi connectivity index (χ0) is 12.0. The maximum absolute atomic E-state index is 11.5. The van der Waals surface area contributed by atoms with E-state index in [1.54, 1.807) is 0 Å². The molecule has 1 aliphatic rings. The molecule has 1 aliphatic carbocycles. The summed E-state index contributed by atoms with van der Waals surface area (Å²) in [5.41, 5.74) is 0. The fourth-order valence-corrected chi connectivity index (χ4v) is 2.09. The van der Waals surface area contributed by atoms with Crippen LogP contribution in [0.2, 0.25) is 0 Å². The van der Waals surface area contributed by atoms with Gasteiger partial charge in [0.25, 0.3) is 0 Å². The summed E-state index contributed by atoms with van der Waals surface area (Å²) in [6, 6.07) is 0.268. The lowest BCUT2D eigenvalue weighted by molar-refractivity contribution is -0.120. The molecule has 0 aliphatic heterocycles. The van der Waals surface area contributed by atoms with Gasteiger partial charge in [0.1, 0.15) is 0 Å². The number of carbonyl (C=O) groups is 1. The standard InChI is InChI=1S/C12H24N2O2/c1-3-4-9(2)14-12(16)8-13-7-10-5-11(15)6-10/h9-11,13,15H,3-8H2,1-2H3,(H,14,16). The van der Waals surface area contributed by atoms with Gasteiger partial charge in [0.2, 0.25) is 5.91 Å². The van der Waals surface area contributed by atoms with Crippen LogP contribution >= 0.6 is 0 Å². The quantitative estimate of drug-likeness (QED) is 0.599. The van der Waals surface area contributed by atoms with Crippen molar-refractivity contribution in [1.29, 1.82) is 0 Å². The van der Waals surface area contributed by atoms with E-state index in [1.165, 1.54) is 0 Å². The Bertz CT molecular complexity index is 215. The summed E-state index contributed by atoms with van der Waals surface area (Å²) in [7, 11) is 0. The van der Waals surface area contributed by atoms with Crippen molar-refractivity contribution >= 4 is 5.91 Å². The van der Waals surface area contributed by atoms with Crippen molar-refractivity contribution in [3.63, 3.8) is 0 Å². The lowest BCUT2D eigenvalue weighted by atomic mass is 9.82. The molecule has 16 heavy (non-hydrogen) atoms. The van der Waals surface area contributed by atoms with Crippen molar-refractivity contribution in [2.75, 3.05) is 13.1 Å². The average Bonchev–Trinajstić information content (AvgIpc) is 2.15. The van der Waals surface area contributed by atoms with E-state index in [0.717, 1.165) is 32.2 Å². The molecule has 1 saturated carbocycles. The number of aliphatic hydroxyl groups is 1. The number of rotatable bonds is 7. The van der Waals surface area contributed by atoms with E-state index in [1.807, 2.05) is 6.92 Å². The Morgan fingerprint density at radius 2 is 2.19 bits per heavy atom. The summed E-state index contributed by atoms with van der Waals surface area (Å²) >= 11 is 0. The number of hydrogen-bond donors (Lipinski definition) is 3. The molecule has 0 saturated heterocycles. The van der Waals surface area contributed by atoms with E-state index < -0.39 is 0 Å². The van der Waals surface area contributed by atoms with E-state index in [0.29, 0.717) is 12.5 Å². The van der Waals surface area contributed by atoms with Crippen LogP contribution in [0.15, 0.2) is 0 Å². The third-order valence-electron chi connectivity index (χ3n) is 3.06. The highest BCUT2D eigenvalue weighted by Crippen LogP contribution is 2.25. The molecule has 1 atom stereocenters. The molecule has 0 heterocycles. The Kier molecular flexibility index (Phi) is 5.77. The molecule has 1 rings (SSSR count). The Hall–Kier alpha value is -0.610. The van der Waals surface area contributed by atoms with Gasteiger partial charge in [-0.2, -0.15) is 0 Å². The SMILES string of the molecule is CCCC(C)NC(=O)CNCC1CC(O)C1. The first-order valence-corrected chi connectivity index (χ1v) is 6.30. The fraction of sp³-hybridized carbons (Fsp3) is 0.917. The fourth-order valence-electron chi connectivity index (χ4n) is 2.09. The van der Waals surface area contributed by atoms with E-state index in [2.05, 4.69) is 17.6 Å². The lowest BCUT2D eigenvalue weighted by Gasteiger charge is -2.31. The van der Waals surface area contributed by atoms with Gasteiger partial charge in [-0.3, -0.25) is 4.79 Å². The van der Waals surface area contributed by atoms with Gasteiger partial charge in [0.05, 0.1) is 12.6 Å². The van der Waals surface area contributed by atoms with Crippen molar-refractivity contribution in [1.82, 2.24) is 10.6 Å². The minimum absolute atomic E-state index is 0.0702. The summed E-state index contributed by atoms with van der Waals surface area (Å²) in [6.07, 6.45) is 3.77. The van der Waals surface area contributed by atoms with Gasteiger partial charge in [-0.15, -0.1) is 0 Å². The zero-order valence-electron chi connectivity index (χ0n) is 10.3. The van der Waals surface area contributed by atoms with Gasteiger partial charge in [0.15, 0.2) is 0 Å². The highest BCUT2D eigenvalue weighted by atomic mass is 16.3. The number of amides is 1. The summed E-state index contributed by atoms with van der Waals surface area (Å²) in [4.78, 5) is 11.5. The van der Waals surface area contributed by atoms with Gasteiger partial charge in [0, 0.05) is 6.04 Å². The lowest BCUT2D eigenvalue weighted by Crippen LogP contribution is -2.42. The third-order valence-corrected chi connectivity index (χ3v) is 3.06. The predicted molar refractivity (Wildman–Crippen MR) is 64.1 cm³/mol. The van der Waals surface area contributed by atoms with Crippen LogP contribution in [-0.2, 0) is 4.79 Å². The smallest absolute Gasteiger partial charge is 0.234 e. The van der Waals surface area contributed by atoms with Gasteiger partial charge >= 0.3 is 0 Å². The first-order chi connectivity index (χ1) is 7.61. The van der Waals surface area contributed by atoms with Crippen molar-refractivity contribution in [3.8, 4) is 0 Å². The molecule has 1 fully saturated rings. The first-order valence-electron chi connectivity index (χ1n) is 6.30. The van der Waals surface area contributed by atoms with Gasteiger partial charge < -0.3 is 15.7 Å². The van der Waals surface area contributed by atoms with Crippen LogP contribution in [0.4, 0.5) is 0 Å². The molecule has 1 unspecified atom stereocenters. The number of hydrogen-bond acceptors (Lipinski definition) is 3. The molecule has 4 nitrogen and oxygen atoms in total. The minimum atomic E-state index is -0.106. The molecule has 3 N–H and O–H groups in total. The van der Waals surface area contributed by atoms with Crippen molar-refractivity contribution in [3.05, 3.63) is 0 Å². The molecule has 0 bridgehead atoms. The van der Waals surface area contributed by atoms with Gasteiger partial charge in [-0.1, -0.05) is 13.3 Å². The second-order valence-electron chi connectivity index (χ2n) is 4.88. The minimum Gasteiger partial charge on any atom is -0.393 e. The van der Waals surface area contributed by atoms with E-state index in [4.69, 9.17) is 5.11 Å². The average molecular weight is 228 g/mol. The third kappa shape index (κ3) is 4.94. The zero-order valence-corrected chi connectivity index (χ0v) is 10.3. The van der Waals surface area contributed by atoms with Crippen molar-refractivity contribution < 1.29 is 9.90 Å². The molecule has 94 valence electrons. The number of nitrogens with one attached hydrogen (secondary N) is 2. The van der Waals surface area contributed by atoms with Crippen LogP contribution in [0.5, 0.6) is 0 Å². The van der Waals surface area contributed by atoms with Crippen LogP contribution in [-0.4, -0.2) is 36.2 Å². The van der Waals surface area contributed by atoms with Gasteiger partial charge in [-0.05, 0) is 38.6 Å². The largest absolute Gasteiger partial charge is 0.393 e. The van der Waals surface area contributed by atoms with Crippen molar-refractivity contribution in [2.24, 2.45) is 5.92 Å². The highest BCUT2D eigenvalue weighted by Gasteiger charge is 2.26. The molecule has 1 amide bonds. The van der Waals surface area contributed by atoms with Gasteiger partial charge in [-0.25, -0.2) is 0 Å². The number of aliphatic hydroxyl groups excluding tert-OH is 1. The second-order valence-corrected chi connectivity index (χ2v) is 4.88. The Morgan fingerprint density at radius 3 is 2.75 bits per heavy atom. The summed E-state index contributed by atoms with van der Waals surface area (Å²) in [6.45, 7) is 5.37. The van der Waals surface area contributed by atoms with E-state index in [9.17, 15) is 4.79 Å². The topological polar surface area (TPSA) is 61.4 Å². The van der Waals surface area contributed by atoms with Crippen LogP contribution in [0, 0.1) is 5.92 Å². The van der Waals surface area contributed by atoms with E-state index >= 15 is 0 Å². The molecular formula is C12H24N2O2. The summed E-state index contributed by atoms with van der Waals surface area (Å²) in [5.74, 6) is 0.622. The summed E-state index contributed by atoms with van der Waals surface area (Å²) < 4.78 is 0. The second kappa shape index (κ2) is 6.86. The Morgan fingerprint density at radius 1 is 1.50 bits per heavy atom.